The number of thiophene rings is 1. The molecule has 3 heterocycles. The second-order valence-corrected chi connectivity index (χ2v) is 5.59. The molecule has 0 unspecified atom stereocenters. The number of nitrogens with zero attached hydrogens (tertiary/aromatic N) is 3. The van der Waals surface area contributed by atoms with Crippen molar-refractivity contribution in [1.82, 2.24) is 19.9 Å². The van der Waals surface area contributed by atoms with E-state index in [1.807, 2.05) is 45.6 Å². The van der Waals surface area contributed by atoms with Gasteiger partial charge in [-0.05, 0) is 40.9 Å². The van der Waals surface area contributed by atoms with Gasteiger partial charge < -0.3 is 5.32 Å². The van der Waals surface area contributed by atoms with Crippen molar-refractivity contribution in [2.75, 3.05) is 6.54 Å². The molecule has 1 amide bonds. The summed E-state index contributed by atoms with van der Waals surface area (Å²) >= 11 is 1.61. The summed E-state index contributed by atoms with van der Waals surface area (Å²) < 4.78 is 1.98. The molecule has 1 N–H and O–H groups in total. The molecule has 0 aromatic carbocycles. The third-order valence-electron chi connectivity index (χ3n) is 3.23. The molecule has 0 radical (unpaired) electrons. The van der Waals surface area contributed by atoms with Crippen molar-refractivity contribution >= 4 is 22.9 Å². The van der Waals surface area contributed by atoms with Gasteiger partial charge in [0, 0.05) is 19.2 Å². The monoisotopic (exact) mass is 300 g/mol. The summed E-state index contributed by atoms with van der Waals surface area (Å²) in [7, 11) is 0. The Labute approximate surface area is 126 Å². The molecule has 0 aliphatic carbocycles. The van der Waals surface area contributed by atoms with E-state index < -0.39 is 0 Å². The van der Waals surface area contributed by atoms with Gasteiger partial charge in [-0.3, -0.25) is 9.20 Å². The molecule has 0 fully saturated rings. The molecule has 21 heavy (non-hydrogen) atoms. The number of aromatic nitrogens is 3. The maximum Gasteiger partial charge on any atom is 0.224 e. The minimum atomic E-state index is 0.0690. The maximum absolute atomic E-state index is 11.7. The summed E-state index contributed by atoms with van der Waals surface area (Å²) in [5, 5.41) is 15.2. The number of hydrogen-bond acceptors (Lipinski definition) is 4. The molecule has 3 aromatic rings. The summed E-state index contributed by atoms with van der Waals surface area (Å²) in [6, 6.07) is 7.81. The standard InChI is InChI=1S/C15H16N4OS/c20-15(10-12-6-9-21-11-12)16-7-3-5-14-18-17-13-4-1-2-8-19(13)14/h1-2,4,6,8-9,11H,3,5,7,10H2,(H,16,20). The highest BCUT2D eigenvalue weighted by atomic mass is 32.1. The number of carbonyl (C=O) groups is 1. The largest absolute Gasteiger partial charge is 0.356 e. The zero-order chi connectivity index (χ0) is 14.5. The topological polar surface area (TPSA) is 59.3 Å². The Kier molecular flexibility index (Phi) is 4.25. The fourth-order valence-corrected chi connectivity index (χ4v) is 2.85. The number of amides is 1. The van der Waals surface area contributed by atoms with E-state index in [4.69, 9.17) is 0 Å². The second kappa shape index (κ2) is 6.49. The molecular weight excluding hydrogens is 284 g/mol. The zero-order valence-electron chi connectivity index (χ0n) is 11.5. The zero-order valence-corrected chi connectivity index (χ0v) is 12.3. The van der Waals surface area contributed by atoms with Gasteiger partial charge in [-0.25, -0.2) is 0 Å². The lowest BCUT2D eigenvalue weighted by Crippen LogP contribution is -2.26. The molecule has 5 nitrogen and oxygen atoms in total. The average Bonchev–Trinajstić information content (AvgIpc) is 3.13. The van der Waals surface area contributed by atoms with Crippen LogP contribution in [-0.2, 0) is 17.6 Å². The van der Waals surface area contributed by atoms with Crippen molar-refractivity contribution in [3.8, 4) is 0 Å². The normalized spacial score (nSPS) is 10.9. The first-order chi connectivity index (χ1) is 10.3. The fraction of sp³-hybridized carbons (Fsp3) is 0.267. The Morgan fingerprint density at radius 1 is 1.29 bits per heavy atom. The van der Waals surface area contributed by atoms with Gasteiger partial charge in [0.15, 0.2) is 5.65 Å². The lowest BCUT2D eigenvalue weighted by atomic mass is 10.2. The van der Waals surface area contributed by atoms with Crippen LogP contribution in [0.1, 0.15) is 17.8 Å². The van der Waals surface area contributed by atoms with Crippen molar-refractivity contribution in [3.63, 3.8) is 0 Å². The lowest BCUT2D eigenvalue weighted by Gasteiger charge is -2.04. The summed E-state index contributed by atoms with van der Waals surface area (Å²) in [5.41, 5.74) is 1.93. The van der Waals surface area contributed by atoms with Gasteiger partial charge in [-0.15, -0.1) is 10.2 Å². The summed E-state index contributed by atoms with van der Waals surface area (Å²) in [4.78, 5) is 11.7. The van der Waals surface area contributed by atoms with Gasteiger partial charge in [0.05, 0.1) is 6.42 Å². The fourth-order valence-electron chi connectivity index (χ4n) is 2.18. The van der Waals surface area contributed by atoms with E-state index >= 15 is 0 Å². The summed E-state index contributed by atoms with van der Waals surface area (Å²) in [6.07, 6.45) is 4.06. The highest BCUT2D eigenvalue weighted by molar-refractivity contribution is 7.07. The predicted molar refractivity (Wildman–Crippen MR) is 82.3 cm³/mol. The Balaban J connectivity index is 1.45. The van der Waals surface area contributed by atoms with Crippen LogP contribution in [0.2, 0.25) is 0 Å². The number of pyridine rings is 1. The number of carbonyl (C=O) groups excluding carboxylic acids is 1. The number of fused-ring (bicyclic) bond motifs is 1. The molecule has 6 heteroatoms. The third-order valence-corrected chi connectivity index (χ3v) is 3.96. The van der Waals surface area contributed by atoms with Crippen LogP contribution in [0.4, 0.5) is 0 Å². The van der Waals surface area contributed by atoms with E-state index in [-0.39, 0.29) is 5.91 Å². The van der Waals surface area contributed by atoms with E-state index in [9.17, 15) is 4.79 Å². The van der Waals surface area contributed by atoms with Crippen molar-refractivity contribution in [3.05, 3.63) is 52.6 Å². The van der Waals surface area contributed by atoms with Gasteiger partial charge in [0.2, 0.25) is 5.91 Å². The Morgan fingerprint density at radius 3 is 3.10 bits per heavy atom. The van der Waals surface area contributed by atoms with Gasteiger partial charge in [-0.1, -0.05) is 6.07 Å². The molecule has 108 valence electrons. The maximum atomic E-state index is 11.7. The lowest BCUT2D eigenvalue weighted by molar-refractivity contribution is -0.120. The molecule has 0 aliphatic heterocycles. The van der Waals surface area contributed by atoms with E-state index in [1.54, 1.807) is 11.3 Å². The predicted octanol–water partition coefficient (Wildman–Crippen LogP) is 2.08. The number of hydrogen-bond donors (Lipinski definition) is 1. The van der Waals surface area contributed by atoms with Crippen LogP contribution in [0.15, 0.2) is 41.2 Å². The molecule has 0 aliphatic rings. The van der Waals surface area contributed by atoms with Gasteiger partial charge >= 0.3 is 0 Å². The minimum Gasteiger partial charge on any atom is -0.356 e. The van der Waals surface area contributed by atoms with Crippen LogP contribution in [0.25, 0.3) is 5.65 Å². The number of nitrogens with one attached hydrogen (secondary N) is 1. The molecular formula is C15H16N4OS. The minimum absolute atomic E-state index is 0.0690. The van der Waals surface area contributed by atoms with Crippen LogP contribution in [-0.4, -0.2) is 27.0 Å². The van der Waals surface area contributed by atoms with Crippen molar-refractivity contribution in [2.45, 2.75) is 19.3 Å². The van der Waals surface area contributed by atoms with Crippen LogP contribution in [0.3, 0.4) is 0 Å². The number of aryl methyl sites for hydroxylation is 1. The van der Waals surface area contributed by atoms with Crippen LogP contribution in [0.5, 0.6) is 0 Å². The van der Waals surface area contributed by atoms with E-state index in [2.05, 4.69) is 15.5 Å². The molecule has 0 atom stereocenters. The smallest absolute Gasteiger partial charge is 0.224 e. The molecule has 0 saturated heterocycles. The third kappa shape index (κ3) is 3.46. The summed E-state index contributed by atoms with van der Waals surface area (Å²) in [6.45, 7) is 0.657. The highest BCUT2D eigenvalue weighted by Gasteiger charge is 2.06. The SMILES string of the molecule is O=C(Cc1ccsc1)NCCCc1nnc2ccccn12. The van der Waals surface area contributed by atoms with Crippen LogP contribution in [0, 0.1) is 0 Å². The Hall–Kier alpha value is -2.21. The second-order valence-electron chi connectivity index (χ2n) is 4.81. The first-order valence-electron chi connectivity index (χ1n) is 6.89. The van der Waals surface area contributed by atoms with Crippen LogP contribution >= 0.6 is 11.3 Å². The Morgan fingerprint density at radius 2 is 2.24 bits per heavy atom. The quantitative estimate of drug-likeness (QED) is 0.709. The van der Waals surface area contributed by atoms with E-state index in [0.29, 0.717) is 13.0 Å². The molecule has 0 saturated carbocycles. The molecule has 3 aromatic heterocycles. The van der Waals surface area contributed by atoms with Crippen molar-refractivity contribution < 1.29 is 4.79 Å². The highest BCUT2D eigenvalue weighted by Crippen LogP contribution is 2.07. The van der Waals surface area contributed by atoms with Gasteiger partial charge in [-0.2, -0.15) is 11.3 Å². The summed E-state index contributed by atoms with van der Waals surface area (Å²) in [5.74, 6) is 0.997. The van der Waals surface area contributed by atoms with Crippen molar-refractivity contribution in [1.29, 1.82) is 0 Å². The number of rotatable bonds is 6. The average molecular weight is 300 g/mol. The molecule has 0 bridgehead atoms. The van der Waals surface area contributed by atoms with Gasteiger partial charge in [0.25, 0.3) is 0 Å². The first kappa shape index (κ1) is 13.8. The molecule has 0 spiro atoms. The first-order valence-corrected chi connectivity index (χ1v) is 7.83. The Bertz CT molecular complexity index is 720. The van der Waals surface area contributed by atoms with Gasteiger partial charge in [0.1, 0.15) is 5.82 Å². The van der Waals surface area contributed by atoms with Crippen molar-refractivity contribution in [2.24, 2.45) is 0 Å². The van der Waals surface area contributed by atoms with Crippen LogP contribution < -0.4 is 5.32 Å². The van der Waals surface area contributed by atoms with E-state index in [1.165, 1.54) is 0 Å². The molecule has 3 rings (SSSR count). The van der Waals surface area contributed by atoms with E-state index in [0.717, 1.165) is 29.9 Å².